The molecule has 36 heavy (non-hydrogen) atoms. The molecule has 0 unspecified atom stereocenters. The van der Waals surface area contributed by atoms with Gasteiger partial charge in [0.05, 0.1) is 23.3 Å². The third kappa shape index (κ3) is 5.31. The molecule has 5 rings (SSSR count). The SMILES string of the molecule is CN1C[C@@H](NC(=O)N2CCc3cnc(Cc4ccc(F)cc4Cl)nc3C2)[C@H](c2ccc(Cl)c(F)c2)C1. The maximum absolute atomic E-state index is 14.1. The van der Waals surface area contributed by atoms with Crippen LogP contribution in [-0.2, 0) is 19.4 Å². The van der Waals surface area contributed by atoms with Crippen LogP contribution in [0.2, 0.25) is 10.0 Å². The Hall–Kier alpha value is -2.81. The average molecular weight is 532 g/mol. The van der Waals surface area contributed by atoms with Crippen molar-refractivity contribution >= 4 is 29.2 Å². The van der Waals surface area contributed by atoms with E-state index in [0.717, 1.165) is 22.4 Å². The van der Waals surface area contributed by atoms with E-state index >= 15 is 0 Å². The van der Waals surface area contributed by atoms with E-state index < -0.39 is 11.6 Å². The molecule has 0 saturated carbocycles. The van der Waals surface area contributed by atoms with E-state index in [1.165, 1.54) is 18.2 Å². The Labute approximate surface area is 218 Å². The quantitative estimate of drug-likeness (QED) is 0.524. The van der Waals surface area contributed by atoms with E-state index in [9.17, 15) is 13.6 Å². The number of halogens is 4. The molecule has 0 spiro atoms. The van der Waals surface area contributed by atoms with Gasteiger partial charge in [0.15, 0.2) is 0 Å². The summed E-state index contributed by atoms with van der Waals surface area (Å²) in [7, 11) is 1.98. The Bertz CT molecular complexity index is 1310. The lowest BCUT2D eigenvalue weighted by Crippen LogP contribution is -2.49. The third-order valence-corrected chi connectivity index (χ3v) is 7.49. The fraction of sp³-hybridized carbons (Fsp3) is 0.346. The Morgan fingerprint density at radius 2 is 1.97 bits per heavy atom. The van der Waals surface area contributed by atoms with E-state index in [1.54, 1.807) is 23.2 Å². The van der Waals surface area contributed by atoms with Crippen LogP contribution >= 0.6 is 23.2 Å². The highest BCUT2D eigenvalue weighted by molar-refractivity contribution is 6.31. The summed E-state index contributed by atoms with van der Waals surface area (Å²) in [5.74, 6) is -0.337. The zero-order valence-electron chi connectivity index (χ0n) is 19.6. The van der Waals surface area contributed by atoms with Crippen molar-refractivity contribution in [1.82, 2.24) is 25.1 Å². The number of fused-ring (bicyclic) bond motifs is 1. The van der Waals surface area contributed by atoms with E-state index in [1.807, 2.05) is 13.1 Å². The number of carbonyl (C=O) groups excluding carboxylic acids is 1. The molecule has 2 aromatic carbocycles. The van der Waals surface area contributed by atoms with Crippen LogP contribution in [0, 0.1) is 11.6 Å². The lowest BCUT2D eigenvalue weighted by atomic mass is 9.94. The number of nitrogens with zero attached hydrogens (tertiary/aromatic N) is 4. The average Bonchev–Trinajstić information content (AvgIpc) is 3.22. The Morgan fingerprint density at radius 3 is 2.75 bits per heavy atom. The first-order valence-electron chi connectivity index (χ1n) is 11.7. The van der Waals surface area contributed by atoms with E-state index in [0.29, 0.717) is 49.9 Å². The van der Waals surface area contributed by atoms with Crippen molar-refractivity contribution in [2.75, 3.05) is 26.7 Å². The van der Waals surface area contributed by atoms with Crippen molar-refractivity contribution in [3.05, 3.63) is 92.5 Å². The van der Waals surface area contributed by atoms with Crippen LogP contribution in [0.1, 0.15) is 34.1 Å². The molecule has 2 atom stereocenters. The second kappa shape index (κ2) is 10.3. The number of aromatic nitrogens is 2. The van der Waals surface area contributed by atoms with Gasteiger partial charge in [-0.1, -0.05) is 35.3 Å². The normalized spacial score (nSPS) is 19.9. The summed E-state index contributed by atoms with van der Waals surface area (Å²) >= 11 is 12.0. The summed E-state index contributed by atoms with van der Waals surface area (Å²) in [6.45, 7) is 2.28. The molecule has 1 saturated heterocycles. The molecule has 10 heteroatoms. The number of urea groups is 1. The summed E-state index contributed by atoms with van der Waals surface area (Å²) in [6.07, 6.45) is 2.81. The second-order valence-electron chi connectivity index (χ2n) is 9.40. The minimum Gasteiger partial charge on any atom is -0.333 e. The molecule has 0 aliphatic carbocycles. The molecule has 1 fully saturated rings. The predicted octanol–water partition coefficient (Wildman–Crippen LogP) is 4.82. The van der Waals surface area contributed by atoms with Crippen LogP contribution in [0.3, 0.4) is 0 Å². The maximum Gasteiger partial charge on any atom is 0.318 e. The van der Waals surface area contributed by atoms with E-state index in [2.05, 4.69) is 20.2 Å². The summed E-state index contributed by atoms with van der Waals surface area (Å²) < 4.78 is 27.5. The van der Waals surface area contributed by atoms with Crippen molar-refractivity contribution in [1.29, 1.82) is 0 Å². The van der Waals surface area contributed by atoms with E-state index in [4.69, 9.17) is 23.2 Å². The minimum absolute atomic E-state index is 0.0443. The van der Waals surface area contributed by atoms with Gasteiger partial charge in [0, 0.05) is 43.2 Å². The maximum atomic E-state index is 14.1. The van der Waals surface area contributed by atoms with Gasteiger partial charge in [-0.2, -0.15) is 0 Å². The van der Waals surface area contributed by atoms with Crippen LogP contribution in [0.5, 0.6) is 0 Å². The number of amides is 2. The lowest BCUT2D eigenvalue weighted by Gasteiger charge is -2.30. The topological polar surface area (TPSA) is 61.4 Å². The summed E-state index contributed by atoms with van der Waals surface area (Å²) in [5.41, 5.74) is 3.34. The van der Waals surface area contributed by atoms with Gasteiger partial charge in [0.2, 0.25) is 0 Å². The molecular weight excluding hydrogens is 507 g/mol. The molecule has 1 N–H and O–H groups in total. The van der Waals surface area contributed by atoms with Gasteiger partial charge in [-0.3, -0.25) is 0 Å². The summed E-state index contributed by atoms with van der Waals surface area (Å²) in [5, 5.41) is 3.56. The Morgan fingerprint density at radius 1 is 1.14 bits per heavy atom. The second-order valence-corrected chi connectivity index (χ2v) is 10.2. The van der Waals surface area contributed by atoms with Crippen LogP contribution in [0.25, 0.3) is 0 Å². The van der Waals surface area contributed by atoms with Crippen LogP contribution in [0.4, 0.5) is 13.6 Å². The molecular formula is C26H25Cl2F2N5O. The van der Waals surface area contributed by atoms with Crippen LogP contribution in [-0.4, -0.2) is 58.5 Å². The summed E-state index contributed by atoms with van der Waals surface area (Å²) in [6, 6.07) is 8.74. The highest BCUT2D eigenvalue weighted by Gasteiger charge is 2.35. The van der Waals surface area contributed by atoms with Crippen molar-refractivity contribution in [3.8, 4) is 0 Å². The van der Waals surface area contributed by atoms with Gasteiger partial charge in [-0.05, 0) is 54.4 Å². The Balaban J connectivity index is 1.28. The van der Waals surface area contributed by atoms with Crippen LogP contribution in [0.15, 0.2) is 42.6 Å². The monoisotopic (exact) mass is 531 g/mol. The van der Waals surface area contributed by atoms with Gasteiger partial charge >= 0.3 is 6.03 Å². The molecule has 2 aliphatic rings. The van der Waals surface area contributed by atoms with Crippen molar-refractivity contribution in [2.24, 2.45) is 0 Å². The number of likely N-dealkylation sites (tertiary alicyclic amines) is 1. The fourth-order valence-electron chi connectivity index (χ4n) is 4.92. The zero-order valence-corrected chi connectivity index (χ0v) is 21.2. The molecule has 188 valence electrons. The first-order chi connectivity index (χ1) is 17.3. The molecule has 0 radical (unpaired) electrons. The molecule has 2 amide bonds. The predicted molar refractivity (Wildman–Crippen MR) is 134 cm³/mol. The number of carbonyl (C=O) groups is 1. The van der Waals surface area contributed by atoms with Gasteiger partial charge in [-0.15, -0.1) is 0 Å². The fourth-order valence-corrected chi connectivity index (χ4v) is 5.27. The molecule has 6 nitrogen and oxygen atoms in total. The Kier molecular flexibility index (Phi) is 7.10. The highest BCUT2D eigenvalue weighted by atomic mass is 35.5. The van der Waals surface area contributed by atoms with Gasteiger partial charge in [0.25, 0.3) is 0 Å². The summed E-state index contributed by atoms with van der Waals surface area (Å²) in [4.78, 5) is 26.2. The van der Waals surface area contributed by atoms with Gasteiger partial charge in [0.1, 0.15) is 17.5 Å². The number of hydrogen-bond donors (Lipinski definition) is 1. The number of rotatable bonds is 4. The van der Waals surface area contributed by atoms with Crippen molar-refractivity contribution in [2.45, 2.75) is 31.3 Å². The van der Waals surface area contributed by atoms with E-state index in [-0.39, 0.29) is 23.0 Å². The number of benzene rings is 2. The molecule has 0 bridgehead atoms. The van der Waals surface area contributed by atoms with Gasteiger partial charge in [-0.25, -0.2) is 23.5 Å². The largest absolute Gasteiger partial charge is 0.333 e. The molecule has 1 aromatic heterocycles. The van der Waals surface area contributed by atoms with Crippen molar-refractivity contribution in [3.63, 3.8) is 0 Å². The van der Waals surface area contributed by atoms with Gasteiger partial charge < -0.3 is 15.1 Å². The standard InChI is InChI=1S/C26H25Cl2F2N5O/c1-34-12-19(15-3-5-20(27)22(30)8-15)24(13-34)33-26(36)35-7-6-17-11-31-25(32-23(17)14-35)9-16-2-4-18(29)10-21(16)28/h2-5,8,10-11,19,24H,6-7,9,12-14H2,1H3,(H,33,36)/t19-,24+/m0/s1. The molecule has 2 aliphatic heterocycles. The number of hydrogen-bond acceptors (Lipinski definition) is 4. The molecule has 3 aromatic rings. The smallest absolute Gasteiger partial charge is 0.318 e. The highest BCUT2D eigenvalue weighted by Crippen LogP contribution is 2.30. The van der Waals surface area contributed by atoms with Crippen LogP contribution < -0.4 is 5.32 Å². The number of nitrogens with one attached hydrogen (secondary N) is 1. The third-order valence-electron chi connectivity index (χ3n) is 6.83. The first kappa shape index (κ1) is 24.9. The van der Waals surface area contributed by atoms with Crippen molar-refractivity contribution < 1.29 is 13.6 Å². The number of likely N-dealkylation sites (N-methyl/N-ethyl adjacent to an activating group) is 1. The molecule has 3 heterocycles. The zero-order chi connectivity index (χ0) is 25.4. The lowest BCUT2D eigenvalue weighted by molar-refractivity contribution is 0.186. The minimum atomic E-state index is -0.459. The first-order valence-corrected chi connectivity index (χ1v) is 12.5.